The zero-order valence-corrected chi connectivity index (χ0v) is 16.1. The number of hydrogen-bond donors (Lipinski definition) is 3. The van der Waals surface area contributed by atoms with Gasteiger partial charge in [-0.25, -0.2) is 26.3 Å². The van der Waals surface area contributed by atoms with Crippen LogP contribution in [0.4, 0.5) is 0 Å². The molecule has 24 heavy (non-hydrogen) atoms. The molecule has 0 aliphatic carbocycles. The standard InChI is InChI=1S/C14H23N3O4S2.ClH/c1-11(12-4-3-9-16-10-12)17-23(20,21)14-7-5-13(6-8-14)22(18,19)15-2;/h5-8,11-12,15-17H,3-4,9-10H2,1-2H3;1H. The number of nitrogens with one attached hydrogen (secondary N) is 3. The summed E-state index contributed by atoms with van der Waals surface area (Å²) in [5.74, 6) is 0.252. The SMILES string of the molecule is CNS(=O)(=O)c1ccc(S(=O)(=O)NC(C)C2CCCNC2)cc1.Cl. The van der Waals surface area contributed by atoms with Crippen LogP contribution in [0.2, 0.25) is 0 Å². The van der Waals surface area contributed by atoms with Crippen molar-refractivity contribution in [3.05, 3.63) is 24.3 Å². The second-order valence-electron chi connectivity index (χ2n) is 5.70. The molecule has 1 aromatic carbocycles. The highest BCUT2D eigenvalue weighted by molar-refractivity contribution is 7.90. The lowest BCUT2D eigenvalue weighted by atomic mass is 9.94. The fraction of sp³-hybridized carbons (Fsp3) is 0.571. The Hall–Kier alpha value is -0.710. The van der Waals surface area contributed by atoms with Gasteiger partial charge >= 0.3 is 0 Å². The van der Waals surface area contributed by atoms with Gasteiger partial charge in [-0.2, -0.15) is 0 Å². The highest BCUT2D eigenvalue weighted by atomic mass is 35.5. The van der Waals surface area contributed by atoms with E-state index in [1.54, 1.807) is 0 Å². The van der Waals surface area contributed by atoms with Crippen LogP contribution in [0.1, 0.15) is 19.8 Å². The van der Waals surface area contributed by atoms with Crippen LogP contribution in [0.25, 0.3) is 0 Å². The monoisotopic (exact) mass is 397 g/mol. The first-order valence-corrected chi connectivity index (χ1v) is 10.5. The zero-order valence-electron chi connectivity index (χ0n) is 13.7. The summed E-state index contributed by atoms with van der Waals surface area (Å²) in [5, 5.41) is 3.26. The molecule has 7 nitrogen and oxygen atoms in total. The smallest absolute Gasteiger partial charge is 0.240 e. The molecule has 1 aliphatic heterocycles. The molecule has 1 heterocycles. The number of benzene rings is 1. The van der Waals surface area contributed by atoms with E-state index in [4.69, 9.17) is 0 Å². The van der Waals surface area contributed by atoms with Gasteiger partial charge in [-0.05, 0) is 70.1 Å². The molecule has 0 amide bonds. The van der Waals surface area contributed by atoms with Crippen LogP contribution in [0, 0.1) is 5.92 Å². The van der Waals surface area contributed by atoms with Crippen molar-refractivity contribution in [2.24, 2.45) is 5.92 Å². The summed E-state index contributed by atoms with van der Waals surface area (Å²) >= 11 is 0. The van der Waals surface area contributed by atoms with E-state index in [1.165, 1.54) is 31.3 Å². The fourth-order valence-corrected chi connectivity index (χ4v) is 4.67. The molecule has 10 heteroatoms. The summed E-state index contributed by atoms with van der Waals surface area (Å²) < 4.78 is 53.0. The molecule has 0 spiro atoms. The maximum atomic E-state index is 12.4. The Labute approximate surface area is 150 Å². The van der Waals surface area contributed by atoms with E-state index in [2.05, 4.69) is 14.8 Å². The van der Waals surface area contributed by atoms with E-state index in [1.807, 2.05) is 6.92 Å². The third-order valence-electron chi connectivity index (χ3n) is 4.10. The maximum absolute atomic E-state index is 12.4. The lowest BCUT2D eigenvalue weighted by Gasteiger charge is -2.28. The van der Waals surface area contributed by atoms with Gasteiger partial charge in [-0.3, -0.25) is 0 Å². The van der Waals surface area contributed by atoms with E-state index in [0.29, 0.717) is 0 Å². The Morgan fingerprint density at radius 1 is 1.08 bits per heavy atom. The Kier molecular flexibility index (Phi) is 7.64. The maximum Gasteiger partial charge on any atom is 0.240 e. The molecule has 0 radical (unpaired) electrons. The van der Waals surface area contributed by atoms with E-state index in [9.17, 15) is 16.8 Å². The van der Waals surface area contributed by atoms with Crippen LogP contribution >= 0.6 is 12.4 Å². The molecule has 0 aromatic heterocycles. The van der Waals surface area contributed by atoms with Gasteiger partial charge in [0, 0.05) is 6.04 Å². The van der Waals surface area contributed by atoms with Crippen LogP contribution < -0.4 is 14.8 Å². The number of halogens is 1. The predicted molar refractivity (Wildman–Crippen MR) is 95.3 cm³/mol. The molecule has 0 saturated carbocycles. The Morgan fingerprint density at radius 3 is 2.08 bits per heavy atom. The summed E-state index contributed by atoms with van der Waals surface area (Å²) in [5.41, 5.74) is 0. The predicted octanol–water partition coefficient (Wildman–Crippen LogP) is 0.683. The van der Waals surface area contributed by atoms with Gasteiger partial charge in [0.25, 0.3) is 0 Å². The summed E-state index contributed by atoms with van der Waals surface area (Å²) in [6.07, 6.45) is 2.02. The molecule has 1 aromatic rings. The molecule has 2 rings (SSSR count). The summed E-state index contributed by atoms with van der Waals surface area (Å²) in [6.45, 7) is 3.62. The number of hydrogen-bond acceptors (Lipinski definition) is 5. The molecule has 2 atom stereocenters. The van der Waals surface area contributed by atoms with Crippen LogP contribution in [-0.4, -0.2) is 43.0 Å². The Bertz CT molecular complexity index is 730. The van der Waals surface area contributed by atoms with Gasteiger partial charge in [-0.1, -0.05) is 0 Å². The molecule has 0 bridgehead atoms. The first-order valence-electron chi connectivity index (χ1n) is 7.53. The lowest BCUT2D eigenvalue weighted by Crippen LogP contribution is -2.44. The topological polar surface area (TPSA) is 104 Å². The fourth-order valence-electron chi connectivity index (χ4n) is 2.63. The molecule has 1 fully saturated rings. The van der Waals surface area contributed by atoms with Crippen LogP contribution in [0.3, 0.4) is 0 Å². The minimum absolute atomic E-state index is 0. The highest BCUT2D eigenvalue weighted by Crippen LogP contribution is 2.18. The molecule has 1 aliphatic rings. The van der Waals surface area contributed by atoms with Gasteiger partial charge < -0.3 is 5.32 Å². The molecule has 2 unspecified atom stereocenters. The average molecular weight is 398 g/mol. The summed E-state index contributed by atoms with van der Waals surface area (Å²) in [7, 11) is -5.94. The first-order chi connectivity index (χ1) is 10.8. The van der Waals surface area contributed by atoms with E-state index < -0.39 is 20.0 Å². The summed E-state index contributed by atoms with van der Waals surface area (Å²) in [4.78, 5) is 0.0895. The molecule has 138 valence electrons. The number of piperidine rings is 1. The van der Waals surface area contributed by atoms with Crippen LogP contribution in [0.15, 0.2) is 34.1 Å². The Balaban J connectivity index is 0.00000288. The molecular weight excluding hydrogens is 374 g/mol. The summed E-state index contributed by atoms with van der Waals surface area (Å²) in [6, 6.07) is 4.99. The van der Waals surface area contributed by atoms with Crippen molar-refractivity contribution >= 4 is 32.5 Å². The molecular formula is C14H24ClN3O4S2. The first kappa shape index (κ1) is 21.3. The van der Waals surface area contributed by atoms with Gasteiger partial charge in [0.1, 0.15) is 0 Å². The van der Waals surface area contributed by atoms with Crippen molar-refractivity contribution in [3.63, 3.8) is 0 Å². The van der Waals surface area contributed by atoms with Crippen molar-refractivity contribution in [2.75, 3.05) is 20.1 Å². The molecule has 1 saturated heterocycles. The second-order valence-corrected chi connectivity index (χ2v) is 9.30. The second kappa shape index (κ2) is 8.59. The van der Waals surface area contributed by atoms with Crippen molar-refractivity contribution in [2.45, 2.75) is 35.6 Å². The third kappa shape index (κ3) is 5.14. The van der Waals surface area contributed by atoms with Crippen molar-refractivity contribution in [1.29, 1.82) is 0 Å². The van der Waals surface area contributed by atoms with Crippen molar-refractivity contribution < 1.29 is 16.8 Å². The normalized spacial score (nSPS) is 20.2. The minimum atomic E-state index is -3.67. The third-order valence-corrected chi connectivity index (χ3v) is 7.10. The Morgan fingerprint density at radius 2 is 1.62 bits per heavy atom. The van der Waals surface area contributed by atoms with Gasteiger partial charge in [0.2, 0.25) is 20.0 Å². The average Bonchev–Trinajstić information content (AvgIpc) is 2.55. The van der Waals surface area contributed by atoms with E-state index >= 15 is 0 Å². The van der Waals surface area contributed by atoms with E-state index in [0.717, 1.165) is 25.9 Å². The number of sulfonamides is 2. The van der Waals surface area contributed by atoms with Crippen molar-refractivity contribution in [1.82, 2.24) is 14.8 Å². The minimum Gasteiger partial charge on any atom is -0.316 e. The van der Waals surface area contributed by atoms with E-state index in [-0.39, 0.29) is 34.2 Å². The number of rotatable bonds is 6. The zero-order chi connectivity index (χ0) is 17.1. The molecule has 3 N–H and O–H groups in total. The van der Waals surface area contributed by atoms with Gasteiger partial charge in [-0.15, -0.1) is 12.4 Å². The highest BCUT2D eigenvalue weighted by Gasteiger charge is 2.25. The van der Waals surface area contributed by atoms with Crippen LogP contribution in [0.5, 0.6) is 0 Å². The quantitative estimate of drug-likeness (QED) is 0.654. The largest absolute Gasteiger partial charge is 0.316 e. The lowest BCUT2D eigenvalue weighted by molar-refractivity contribution is 0.320. The van der Waals surface area contributed by atoms with Crippen LogP contribution in [-0.2, 0) is 20.0 Å². The van der Waals surface area contributed by atoms with Gasteiger partial charge in [0.15, 0.2) is 0 Å². The van der Waals surface area contributed by atoms with Gasteiger partial charge in [0.05, 0.1) is 9.79 Å². The van der Waals surface area contributed by atoms with Crippen molar-refractivity contribution in [3.8, 4) is 0 Å².